The van der Waals surface area contributed by atoms with Crippen LogP contribution in [0.3, 0.4) is 0 Å². The molecule has 3 aromatic rings. The number of rotatable bonds is 5. The molecule has 0 bridgehead atoms. The van der Waals surface area contributed by atoms with Crippen LogP contribution in [-0.2, 0) is 13.1 Å². The van der Waals surface area contributed by atoms with Crippen LogP contribution in [0.1, 0.15) is 16.3 Å². The molecule has 1 aromatic carbocycles. The van der Waals surface area contributed by atoms with Gasteiger partial charge >= 0.3 is 0 Å². The Morgan fingerprint density at radius 2 is 1.68 bits per heavy atom. The highest BCUT2D eigenvalue weighted by Gasteiger charge is 2.20. The monoisotopic (exact) mass is 353 g/mol. The molecule has 1 saturated heterocycles. The van der Waals surface area contributed by atoms with E-state index in [1.807, 2.05) is 48.6 Å². The van der Waals surface area contributed by atoms with Gasteiger partial charge in [-0.3, -0.25) is 9.80 Å². The molecule has 0 N–H and O–H groups in total. The Bertz CT molecular complexity index is 790. The number of piperazine rings is 1. The first-order chi connectivity index (χ1) is 12.3. The molecular formula is C20H23N3OS. The Kier molecular flexibility index (Phi) is 4.97. The van der Waals surface area contributed by atoms with Crippen LogP contribution in [0.4, 0.5) is 0 Å². The lowest BCUT2D eigenvalue weighted by atomic mass is 10.2. The third-order valence-electron chi connectivity index (χ3n) is 4.71. The van der Waals surface area contributed by atoms with Gasteiger partial charge in [-0.25, -0.2) is 4.98 Å². The quantitative estimate of drug-likeness (QED) is 0.693. The van der Waals surface area contributed by atoms with Crippen molar-refractivity contribution in [3.05, 3.63) is 64.2 Å². The number of oxazole rings is 1. The van der Waals surface area contributed by atoms with Crippen LogP contribution in [0.25, 0.3) is 11.5 Å². The molecule has 1 aliphatic rings. The summed E-state index contributed by atoms with van der Waals surface area (Å²) in [6.45, 7) is 8.35. The molecule has 2 aromatic heterocycles. The predicted molar refractivity (Wildman–Crippen MR) is 102 cm³/mol. The number of benzene rings is 1. The molecule has 130 valence electrons. The zero-order chi connectivity index (χ0) is 17.1. The maximum absolute atomic E-state index is 5.89. The summed E-state index contributed by atoms with van der Waals surface area (Å²) in [5.41, 5.74) is 2.10. The Balaban J connectivity index is 1.35. The molecule has 0 unspecified atom stereocenters. The maximum Gasteiger partial charge on any atom is 0.226 e. The van der Waals surface area contributed by atoms with Crippen molar-refractivity contribution in [2.45, 2.75) is 20.0 Å². The summed E-state index contributed by atoms with van der Waals surface area (Å²) in [4.78, 5) is 11.2. The van der Waals surface area contributed by atoms with Crippen molar-refractivity contribution < 1.29 is 4.42 Å². The van der Waals surface area contributed by atoms with Crippen molar-refractivity contribution in [2.75, 3.05) is 26.2 Å². The fraction of sp³-hybridized carbons (Fsp3) is 0.350. The topological polar surface area (TPSA) is 32.5 Å². The van der Waals surface area contributed by atoms with E-state index in [1.165, 1.54) is 4.88 Å². The summed E-state index contributed by atoms with van der Waals surface area (Å²) in [5, 5.41) is 2.16. The van der Waals surface area contributed by atoms with E-state index in [0.29, 0.717) is 0 Å². The molecular weight excluding hydrogens is 330 g/mol. The van der Waals surface area contributed by atoms with Crippen molar-refractivity contribution in [3.63, 3.8) is 0 Å². The molecule has 0 aliphatic carbocycles. The SMILES string of the molecule is Cc1oc(-c2ccccc2)nc1CN1CCN(Cc2cccs2)CC1. The minimum Gasteiger partial charge on any atom is -0.441 e. The lowest BCUT2D eigenvalue weighted by Crippen LogP contribution is -2.45. The van der Waals surface area contributed by atoms with E-state index < -0.39 is 0 Å². The minimum atomic E-state index is 0.726. The first kappa shape index (κ1) is 16.5. The second-order valence-electron chi connectivity index (χ2n) is 6.52. The third-order valence-corrected chi connectivity index (χ3v) is 5.57. The number of aryl methyl sites for hydroxylation is 1. The number of hydrogen-bond donors (Lipinski definition) is 0. The summed E-state index contributed by atoms with van der Waals surface area (Å²) < 4.78 is 5.89. The molecule has 1 fully saturated rings. The summed E-state index contributed by atoms with van der Waals surface area (Å²) in [6.07, 6.45) is 0. The van der Waals surface area contributed by atoms with Gasteiger partial charge in [-0.05, 0) is 30.5 Å². The Labute approximate surface area is 152 Å². The highest BCUT2D eigenvalue weighted by Crippen LogP contribution is 2.23. The summed E-state index contributed by atoms with van der Waals surface area (Å²) >= 11 is 1.84. The number of hydrogen-bond acceptors (Lipinski definition) is 5. The zero-order valence-corrected chi connectivity index (χ0v) is 15.3. The van der Waals surface area contributed by atoms with E-state index in [1.54, 1.807) is 0 Å². The van der Waals surface area contributed by atoms with Crippen molar-refractivity contribution in [1.82, 2.24) is 14.8 Å². The summed E-state index contributed by atoms with van der Waals surface area (Å²) in [7, 11) is 0. The van der Waals surface area contributed by atoms with E-state index in [0.717, 1.165) is 62.2 Å². The third kappa shape index (κ3) is 4.00. The van der Waals surface area contributed by atoms with Gasteiger partial charge < -0.3 is 4.42 Å². The highest BCUT2D eigenvalue weighted by atomic mass is 32.1. The molecule has 0 saturated carbocycles. The van der Waals surface area contributed by atoms with Gasteiger partial charge in [-0.2, -0.15) is 0 Å². The van der Waals surface area contributed by atoms with Crippen LogP contribution in [0.5, 0.6) is 0 Å². The highest BCUT2D eigenvalue weighted by molar-refractivity contribution is 7.09. The molecule has 5 heteroatoms. The lowest BCUT2D eigenvalue weighted by molar-refractivity contribution is 0.121. The van der Waals surface area contributed by atoms with Crippen LogP contribution in [0, 0.1) is 6.92 Å². The van der Waals surface area contributed by atoms with E-state index in [4.69, 9.17) is 9.40 Å². The van der Waals surface area contributed by atoms with Gasteiger partial charge in [0.15, 0.2) is 0 Å². The molecule has 4 rings (SSSR count). The van der Waals surface area contributed by atoms with E-state index in [9.17, 15) is 0 Å². The molecule has 4 nitrogen and oxygen atoms in total. The van der Waals surface area contributed by atoms with Crippen LogP contribution in [0.2, 0.25) is 0 Å². The second kappa shape index (κ2) is 7.52. The van der Waals surface area contributed by atoms with Gasteiger partial charge in [0.25, 0.3) is 0 Å². The molecule has 0 atom stereocenters. The number of nitrogens with zero attached hydrogens (tertiary/aromatic N) is 3. The molecule has 0 amide bonds. The van der Waals surface area contributed by atoms with Crippen molar-refractivity contribution in [1.29, 1.82) is 0 Å². The molecule has 0 radical (unpaired) electrons. The first-order valence-electron chi connectivity index (χ1n) is 8.77. The Hall–Kier alpha value is -1.95. The maximum atomic E-state index is 5.89. The van der Waals surface area contributed by atoms with Crippen molar-refractivity contribution in [3.8, 4) is 11.5 Å². The predicted octanol–water partition coefficient (Wildman–Crippen LogP) is 4.03. The average Bonchev–Trinajstić information content (AvgIpc) is 3.28. The fourth-order valence-corrected chi connectivity index (χ4v) is 3.97. The largest absolute Gasteiger partial charge is 0.441 e. The molecule has 25 heavy (non-hydrogen) atoms. The van der Waals surface area contributed by atoms with Gasteiger partial charge in [0.2, 0.25) is 5.89 Å². The van der Waals surface area contributed by atoms with Crippen LogP contribution < -0.4 is 0 Å². The van der Waals surface area contributed by atoms with Crippen LogP contribution in [-0.4, -0.2) is 41.0 Å². The smallest absolute Gasteiger partial charge is 0.226 e. The molecule has 1 aliphatic heterocycles. The average molecular weight is 353 g/mol. The fourth-order valence-electron chi connectivity index (χ4n) is 3.22. The van der Waals surface area contributed by atoms with E-state index >= 15 is 0 Å². The molecule has 3 heterocycles. The van der Waals surface area contributed by atoms with E-state index in [2.05, 4.69) is 27.3 Å². The lowest BCUT2D eigenvalue weighted by Gasteiger charge is -2.34. The zero-order valence-electron chi connectivity index (χ0n) is 14.5. The molecule has 0 spiro atoms. The standard InChI is InChI=1S/C20H23N3OS/c1-16-19(21-20(24-16)17-6-3-2-4-7-17)15-23-11-9-22(10-12-23)14-18-8-5-13-25-18/h2-8,13H,9-12,14-15H2,1H3. The van der Waals surface area contributed by atoms with Crippen molar-refractivity contribution >= 4 is 11.3 Å². The van der Waals surface area contributed by atoms with Crippen LogP contribution >= 0.6 is 11.3 Å². The number of thiophene rings is 1. The van der Waals surface area contributed by atoms with Crippen molar-refractivity contribution in [2.24, 2.45) is 0 Å². The van der Waals surface area contributed by atoms with Gasteiger partial charge in [0.1, 0.15) is 5.76 Å². The van der Waals surface area contributed by atoms with Gasteiger partial charge in [-0.15, -0.1) is 11.3 Å². The summed E-state index contributed by atoms with van der Waals surface area (Å²) in [5.74, 6) is 1.66. The first-order valence-corrected chi connectivity index (χ1v) is 9.65. The normalized spacial score (nSPS) is 16.4. The van der Waals surface area contributed by atoms with E-state index in [-0.39, 0.29) is 0 Å². The Morgan fingerprint density at radius 1 is 0.960 bits per heavy atom. The van der Waals surface area contributed by atoms with Gasteiger partial charge in [0.05, 0.1) is 5.69 Å². The number of aromatic nitrogens is 1. The minimum absolute atomic E-state index is 0.726. The second-order valence-corrected chi connectivity index (χ2v) is 7.55. The van der Waals surface area contributed by atoms with Gasteiger partial charge in [0, 0.05) is 49.7 Å². The van der Waals surface area contributed by atoms with Gasteiger partial charge in [-0.1, -0.05) is 24.3 Å². The Morgan fingerprint density at radius 3 is 2.36 bits per heavy atom. The van der Waals surface area contributed by atoms with Crippen LogP contribution in [0.15, 0.2) is 52.3 Å². The summed E-state index contributed by atoms with van der Waals surface area (Å²) in [6, 6.07) is 14.5.